The van der Waals surface area contributed by atoms with E-state index in [4.69, 9.17) is 0 Å². The van der Waals surface area contributed by atoms with Crippen molar-refractivity contribution >= 4 is 11.8 Å². The molecular formula is C27H33N3O2. The normalized spacial score (nSPS) is 16.3. The van der Waals surface area contributed by atoms with Crippen molar-refractivity contribution < 1.29 is 9.59 Å². The Kier molecular flexibility index (Phi) is 6.75. The van der Waals surface area contributed by atoms with Gasteiger partial charge in [0.15, 0.2) is 0 Å². The summed E-state index contributed by atoms with van der Waals surface area (Å²) in [7, 11) is 0. The van der Waals surface area contributed by atoms with E-state index in [1.165, 1.54) is 22.3 Å². The highest BCUT2D eigenvalue weighted by Crippen LogP contribution is 2.24. The minimum Gasteiger partial charge on any atom is -0.351 e. The number of carbonyl (C=O) groups excluding carboxylic acids is 2. The molecule has 0 fully saturated rings. The minimum absolute atomic E-state index is 0.0497. The van der Waals surface area contributed by atoms with Gasteiger partial charge in [-0.2, -0.15) is 0 Å². The first-order valence-electron chi connectivity index (χ1n) is 11.6. The molecule has 2 aromatic carbocycles. The topological polar surface area (TPSA) is 52.7 Å². The van der Waals surface area contributed by atoms with Crippen LogP contribution >= 0.6 is 0 Å². The lowest BCUT2D eigenvalue weighted by atomic mass is 9.94. The lowest BCUT2D eigenvalue weighted by molar-refractivity contribution is -0.128. The van der Waals surface area contributed by atoms with Gasteiger partial charge < -0.3 is 10.2 Å². The highest BCUT2D eigenvalue weighted by Gasteiger charge is 2.26. The van der Waals surface area contributed by atoms with Crippen molar-refractivity contribution in [2.75, 3.05) is 32.7 Å². The molecule has 4 rings (SSSR count). The van der Waals surface area contributed by atoms with E-state index in [9.17, 15) is 9.59 Å². The first-order valence-corrected chi connectivity index (χ1v) is 11.6. The zero-order valence-corrected chi connectivity index (χ0v) is 19.4. The van der Waals surface area contributed by atoms with E-state index in [0.717, 1.165) is 43.6 Å². The fourth-order valence-corrected chi connectivity index (χ4v) is 4.52. The molecule has 0 aliphatic carbocycles. The molecule has 2 aliphatic rings. The Balaban J connectivity index is 1.29. The van der Waals surface area contributed by atoms with Crippen LogP contribution in [0.5, 0.6) is 0 Å². The number of aryl methyl sites for hydroxylation is 3. The largest absolute Gasteiger partial charge is 0.351 e. The molecule has 0 radical (unpaired) electrons. The summed E-state index contributed by atoms with van der Waals surface area (Å²) in [6.45, 7) is 10.6. The van der Waals surface area contributed by atoms with E-state index in [2.05, 4.69) is 42.3 Å². The van der Waals surface area contributed by atoms with E-state index in [1.807, 2.05) is 36.1 Å². The van der Waals surface area contributed by atoms with Crippen molar-refractivity contribution in [1.82, 2.24) is 15.1 Å². The van der Waals surface area contributed by atoms with Crippen molar-refractivity contribution in [3.8, 4) is 0 Å². The standard InChI is InChI=1S/C27H33N3O2/c1-19-6-8-22(9-7-19)26(31)28-11-14-29-12-4-5-24(17-29)27(32)30-13-10-23-15-20(2)21(3)16-25(23)18-30/h5-9,15-16H,4,10-14,17-18H2,1-3H3,(H,28,31). The van der Waals surface area contributed by atoms with Gasteiger partial charge in [0.1, 0.15) is 0 Å². The molecule has 5 nitrogen and oxygen atoms in total. The van der Waals surface area contributed by atoms with E-state index in [-0.39, 0.29) is 11.8 Å². The molecule has 1 N–H and O–H groups in total. The van der Waals surface area contributed by atoms with Crippen LogP contribution in [0.3, 0.4) is 0 Å². The maximum Gasteiger partial charge on any atom is 0.251 e. The Morgan fingerprint density at radius 3 is 2.41 bits per heavy atom. The van der Waals surface area contributed by atoms with Crippen LogP contribution in [0.1, 0.15) is 44.6 Å². The lowest BCUT2D eigenvalue weighted by Crippen LogP contribution is -2.43. The maximum absolute atomic E-state index is 13.2. The van der Waals surface area contributed by atoms with Crippen LogP contribution in [0, 0.1) is 20.8 Å². The van der Waals surface area contributed by atoms with Gasteiger partial charge in [0.2, 0.25) is 0 Å². The number of amides is 2. The van der Waals surface area contributed by atoms with Gasteiger partial charge in [-0.25, -0.2) is 0 Å². The molecule has 0 atom stereocenters. The first kappa shape index (κ1) is 22.3. The Morgan fingerprint density at radius 2 is 1.66 bits per heavy atom. The second-order valence-corrected chi connectivity index (χ2v) is 9.10. The number of fused-ring (bicyclic) bond motifs is 1. The predicted molar refractivity (Wildman–Crippen MR) is 128 cm³/mol. The number of rotatable bonds is 5. The molecular weight excluding hydrogens is 398 g/mol. The van der Waals surface area contributed by atoms with Gasteiger partial charge in [0.25, 0.3) is 11.8 Å². The highest BCUT2D eigenvalue weighted by atomic mass is 16.2. The number of nitrogens with one attached hydrogen (secondary N) is 1. The molecule has 2 amide bonds. The molecule has 0 saturated carbocycles. The summed E-state index contributed by atoms with van der Waals surface area (Å²) in [6, 6.07) is 12.1. The molecule has 0 aromatic heterocycles. The molecule has 0 bridgehead atoms. The molecule has 2 aliphatic heterocycles. The molecule has 168 valence electrons. The zero-order chi connectivity index (χ0) is 22.7. The summed E-state index contributed by atoms with van der Waals surface area (Å²) in [6.07, 6.45) is 3.89. The number of hydrogen-bond acceptors (Lipinski definition) is 3. The van der Waals surface area contributed by atoms with Crippen molar-refractivity contribution in [1.29, 1.82) is 0 Å². The Morgan fingerprint density at radius 1 is 0.938 bits per heavy atom. The molecule has 32 heavy (non-hydrogen) atoms. The van der Waals surface area contributed by atoms with Gasteiger partial charge in [0, 0.05) is 50.4 Å². The Bertz CT molecular complexity index is 1040. The summed E-state index contributed by atoms with van der Waals surface area (Å²) in [4.78, 5) is 29.8. The average Bonchev–Trinajstić information content (AvgIpc) is 2.79. The number of benzene rings is 2. The average molecular weight is 432 g/mol. The first-order chi connectivity index (χ1) is 15.4. The number of hydrogen-bond donors (Lipinski definition) is 1. The van der Waals surface area contributed by atoms with Crippen LogP contribution < -0.4 is 5.32 Å². The molecule has 0 unspecified atom stereocenters. The SMILES string of the molecule is Cc1ccc(C(=O)NCCN2CCC=C(C(=O)N3CCc4cc(C)c(C)cc4C3)C2)cc1. The van der Waals surface area contributed by atoms with Gasteiger partial charge >= 0.3 is 0 Å². The number of nitrogens with zero attached hydrogens (tertiary/aromatic N) is 2. The fraction of sp³-hybridized carbons (Fsp3) is 0.407. The third-order valence-electron chi connectivity index (χ3n) is 6.65. The minimum atomic E-state index is -0.0497. The van der Waals surface area contributed by atoms with E-state index >= 15 is 0 Å². The Labute approximate surface area is 191 Å². The summed E-state index contributed by atoms with van der Waals surface area (Å²) in [5.74, 6) is 0.105. The summed E-state index contributed by atoms with van der Waals surface area (Å²) >= 11 is 0. The quantitative estimate of drug-likeness (QED) is 0.788. The van der Waals surface area contributed by atoms with E-state index in [0.29, 0.717) is 25.2 Å². The molecule has 0 saturated heterocycles. The third-order valence-corrected chi connectivity index (χ3v) is 6.65. The van der Waals surface area contributed by atoms with E-state index < -0.39 is 0 Å². The van der Waals surface area contributed by atoms with Crippen LogP contribution in [-0.2, 0) is 17.8 Å². The van der Waals surface area contributed by atoms with E-state index in [1.54, 1.807) is 0 Å². The van der Waals surface area contributed by atoms with Crippen molar-refractivity contribution in [3.05, 3.63) is 81.4 Å². The van der Waals surface area contributed by atoms with Crippen molar-refractivity contribution in [2.24, 2.45) is 0 Å². The summed E-state index contributed by atoms with van der Waals surface area (Å²) in [5.41, 5.74) is 7.97. The van der Waals surface area contributed by atoms with Crippen molar-refractivity contribution in [2.45, 2.75) is 40.2 Å². The van der Waals surface area contributed by atoms with Gasteiger partial charge in [-0.05, 0) is 68.0 Å². The second kappa shape index (κ2) is 9.70. The summed E-state index contributed by atoms with van der Waals surface area (Å²) < 4.78 is 0. The van der Waals surface area contributed by atoms with Gasteiger partial charge in [-0.1, -0.05) is 35.9 Å². The third kappa shape index (κ3) is 5.10. The molecule has 2 heterocycles. The van der Waals surface area contributed by atoms with Crippen LogP contribution in [0.15, 0.2) is 48.0 Å². The molecule has 0 spiro atoms. The van der Waals surface area contributed by atoms with Crippen LogP contribution in [-0.4, -0.2) is 54.3 Å². The Hall–Kier alpha value is -2.92. The second-order valence-electron chi connectivity index (χ2n) is 9.10. The van der Waals surface area contributed by atoms with Gasteiger partial charge in [-0.15, -0.1) is 0 Å². The predicted octanol–water partition coefficient (Wildman–Crippen LogP) is 3.56. The van der Waals surface area contributed by atoms with Crippen LogP contribution in [0.25, 0.3) is 0 Å². The van der Waals surface area contributed by atoms with Gasteiger partial charge in [-0.3, -0.25) is 14.5 Å². The van der Waals surface area contributed by atoms with Crippen LogP contribution in [0.2, 0.25) is 0 Å². The molecule has 2 aromatic rings. The smallest absolute Gasteiger partial charge is 0.251 e. The monoisotopic (exact) mass is 431 g/mol. The fourth-order valence-electron chi connectivity index (χ4n) is 4.52. The summed E-state index contributed by atoms with van der Waals surface area (Å²) in [5, 5.41) is 3.00. The number of carbonyl (C=O) groups is 2. The lowest BCUT2D eigenvalue weighted by Gasteiger charge is -2.33. The van der Waals surface area contributed by atoms with Gasteiger partial charge in [0.05, 0.1) is 0 Å². The maximum atomic E-state index is 13.2. The van der Waals surface area contributed by atoms with Crippen molar-refractivity contribution in [3.63, 3.8) is 0 Å². The highest BCUT2D eigenvalue weighted by molar-refractivity contribution is 5.94. The molecule has 5 heteroatoms. The zero-order valence-electron chi connectivity index (χ0n) is 19.4. The van der Waals surface area contributed by atoms with Crippen LogP contribution in [0.4, 0.5) is 0 Å².